The van der Waals surface area contributed by atoms with E-state index in [4.69, 9.17) is 0 Å². The van der Waals surface area contributed by atoms with Crippen LogP contribution >= 0.6 is 11.8 Å². The second-order valence-corrected chi connectivity index (χ2v) is 6.49. The molecule has 2 aromatic carbocycles. The van der Waals surface area contributed by atoms with E-state index in [-0.39, 0.29) is 5.91 Å². The lowest BCUT2D eigenvalue weighted by Gasteiger charge is -2.33. The Hall–Kier alpha value is -1.52. The van der Waals surface area contributed by atoms with Gasteiger partial charge in [-0.2, -0.15) is 0 Å². The molecule has 1 aliphatic heterocycles. The van der Waals surface area contributed by atoms with Gasteiger partial charge in [0.25, 0.3) is 0 Å². The van der Waals surface area contributed by atoms with Crippen LogP contribution in [0.4, 0.5) is 0 Å². The van der Waals surface area contributed by atoms with Crippen LogP contribution in [0, 0.1) is 0 Å². The van der Waals surface area contributed by atoms with E-state index in [1.165, 1.54) is 10.8 Å². The molecule has 1 saturated heterocycles. The summed E-state index contributed by atoms with van der Waals surface area (Å²) in [6, 6.07) is 15.0. The van der Waals surface area contributed by atoms with Crippen molar-refractivity contribution >= 4 is 28.4 Å². The molecule has 0 aliphatic carbocycles. The second-order valence-electron chi connectivity index (χ2n) is 5.44. The molecule has 2 aromatic rings. The van der Waals surface area contributed by atoms with Gasteiger partial charge in [0, 0.05) is 30.6 Å². The molecule has 0 aromatic heterocycles. The molecular formula is C17H20N2OS. The summed E-state index contributed by atoms with van der Waals surface area (Å²) in [6.07, 6.45) is 0. The number of carbonyl (C=O) groups excluding carboxylic acids is 1. The van der Waals surface area contributed by atoms with Crippen LogP contribution in [-0.2, 0) is 4.79 Å². The zero-order valence-electron chi connectivity index (χ0n) is 12.2. The number of hydrogen-bond donors (Lipinski definition) is 1. The maximum absolute atomic E-state index is 12.3. The van der Waals surface area contributed by atoms with Gasteiger partial charge in [-0.25, -0.2) is 0 Å². The van der Waals surface area contributed by atoms with E-state index in [1.54, 1.807) is 11.8 Å². The number of nitrogens with one attached hydrogen (secondary N) is 1. The number of hydrogen-bond acceptors (Lipinski definition) is 3. The van der Waals surface area contributed by atoms with Crippen LogP contribution in [0.5, 0.6) is 0 Å². The molecule has 21 heavy (non-hydrogen) atoms. The predicted octanol–water partition coefficient (Wildman–Crippen LogP) is 2.75. The highest BCUT2D eigenvalue weighted by atomic mass is 32.2. The van der Waals surface area contributed by atoms with Gasteiger partial charge in [-0.05, 0) is 29.8 Å². The standard InChI is InChI=1S/C17H20N2OS/c1-13-11-18-8-9-19(13)17(20)12-21-16-7-6-14-4-2-3-5-15(14)10-16/h2-7,10,13,18H,8-9,11-12H2,1H3. The molecule has 0 saturated carbocycles. The van der Waals surface area contributed by atoms with Crippen LogP contribution in [0.1, 0.15) is 6.92 Å². The lowest BCUT2D eigenvalue weighted by Crippen LogP contribution is -2.52. The summed E-state index contributed by atoms with van der Waals surface area (Å²) in [5, 5.41) is 5.78. The van der Waals surface area contributed by atoms with Crippen molar-refractivity contribution in [2.24, 2.45) is 0 Å². The molecule has 1 amide bonds. The first-order valence-corrected chi connectivity index (χ1v) is 8.34. The third-order valence-electron chi connectivity index (χ3n) is 3.90. The Labute approximate surface area is 129 Å². The first kappa shape index (κ1) is 14.4. The fourth-order valence-electron chi connectivity index (χ4n) is 2.70. The minimum Gasteiger partial charge on any atom is -0.337 e. The highest BCUT2D eigenvalue weighted by molar-refractivity contribution is 8.00. The summed E-state index contributed by atoms with van der Waals surface area (Å²) in [6.45, 7) is 4.71. The molecule has 3 nitrogen and oxygen atoms in total. The van der Waals surface area contributed by atoms with E-state index in [0.717, 1.165) is 24.5 Å². The van der Waals surface area contributed by atoms with Crippen LogP contribution in [-0.4, -0.2) is 42.2 Å². The minimum atomic E-state index is 0.238. The molecule has 4 heteroatoms. The number of amides is 1. The second kappa shape index (κ2) is 6.50. The lowest BCUT2D eigenvalue weighted by molar-refractivity contribution is -0.131. The number of nitrogens with zero attached hydrogens (tertiary/aromatic N) is 1. The van der Waals surface area contributed by atoms with Crippen molar-refractivity contribution in [3.05, 3.63) is 42.5 Å². The van der Waals surface area contributed by atoms with Crippen molar-refractivity contribution in [3.63, 3.8) is 0 Å². The molecule has 0 radical (unpaired) electrons. The van der Waals surface area contributed by atoms with Crippen molar-refractivity contribution in [3.8, 4) is 0 Å². The van der Waals surface area contributed by atoms with E-state index in [2.05, 4.69) is 42.6 Å². The SMILES string of the molecule is CC1CNCCN1C(=O)CSc1ccc2ccccc2c1. The molecule has 3 rings (SSSR count). The lowest BCUT2D eigenvalue weighted by atomic mass is 10.1. The summed E-state index contributed by atoms with van der Waals surface area (Å²) < 4.78 is 0. The first-order chi connectivity index (χ1) is 10.2. The highest BCUT2D eigenvalue weighted by Crippen LogP contribution is 2.24. The van der Waals surface area contributed by atoms with Gasteiger partial charge in [0.05, 0.1) is 5.75 Å². The molecule has 1 heterocycles. The summed E-state index contributed by atoms with van der Waals surface area (Å²) in [4.78, 5) is 15.5. The average molecular weight is 300 g/mol. The van der Waals surface area contributed by atoms with E-state index in [0.29, 0.717) is 11.8 Å². The average Bonchev–Trinajstić information content (AvgIpc) is 2.53. The van der Waals surface area contributed by atoms with Gasteiger partial charge in [0.15, 0.2) is 0 Å². The van der Waals surface area contributed by atoms with Gasteiger partial charge in [0.1, 0.15) is 0 Å². The fourth-order valence-corrected chi connectivity index (χ4v) is 3.53. The maximum atomic E-state index is 12.3. The van der Waals surface area contributed by atoms with E-state index < -0.39 is 0 Å². The molecular weight excluding hydrogens is 280 g/mol. The summed E-state index contributed by atoms with van der Waals surface area (Å²) in [5.41, 5.74) is 0. The fraction of sp³-hybridized carbons (Fsp3) is 0.353. The monoisotopic (exact) mass is 300 g/mol. The van der Waals surface area contributed by atoms with E-state index >= 15 is 0 Å². The third kappa shape index (κ3) is 3.39. The van der Waals surface area contributed by atoms with Crippen molar-refractivity contribution in [1.82, 2.24) is 10.2 Å². The van der Waals surface area contributed by atoms with Gasteiger partial charge < -0.3 is 10.2 Å². The van der Waals surface area contributed by atoms with Gasteiger partial charge in [-0.15, -0.1) is 11.8 Å². The van der Waals surface area contributed by atoms with Gasteiger partial charge in [-0.1, -0.05) is 30.3 Å². The quantitative estimate of drug-likeness (QED) is 0.885. The number of rotatable bonds is 3. The Morgan fingerprint density at radius 2 is 2.10 bits per heavy atom. The summed E-state index contributed by atoms with van der Waals surface area (Å²) in [5.74, 6) is 0.755. The predicted molar refractivity (Wildman–Crippen MR) is 88.7 cm³/mol. The van der Waals surface area contributed by atoms with Crippen molar-refractivity contribution in [2.45, 2.75) is 17.9 Å². The van der Waals surface area contributed by atoms with Crippen LogP contribution in [0.2, 0.25) is 0 Å². The van der Waals surface area contributed by atoms with Gasteiger partial charge >= 0.3 is 0 Å². The van der Waals surface area contributed by atoms with E-state index in [9.17, 15) is 4.79 Å². The molecule has 110 valence electrons. The molecule has 1 aliphatic rings. The largest absolute Gasteiger partial charge is 0.337 e. The number of carbonyl (C=O) groups is 1. The topological polar surface area (TPSA) is 32.3 Å². The molecule has 1 unspecified atom stereocenters. The normalized spacial score (nSPS) is 18.9. The van der Waals surface area contributed by atoms with Gasteiger partial charge in [-0.3, -0.25) is 4.79 Å². The summed E-state index contributed by atoms with van der Waals surface area (Å²) >= 11 is 1.63. The smallest absolute Gasteiger partial charge is 0.233 e. The molecule has 1 N–H and O–H groups in total. The molecule has 0 bridgehead atoms. The Balaban J connectivity index is 1.64. The zero-order chi connectivity index (χ0) is 14.7. The van der Waals surface area contributed by atoms with E-state index in [1.807, 2.05) is 17.0 Å². The zero-order valence-corrected chi connectivity index (χ0v) is 13.0. The summed E-state index contributed by atoms with van der Waals surface area (Å²) in [7, 11) is 0. The molecule has 1 fully saturated rings. The Morgan fingerprint density at radius 3 is 2.90 bits per heavy atom. The van der Waals surface area contributed by atoms with Crippen molar-refractivity contribution in [2.75, 3.05) is 25.4 Å². The minimum absolute atomic E-state index is 0.238. The molecule has 0 spiro atoms. The van der Waals surface area contributed by atoms with Crippen LogP contribution in [0.15, 0.2) is 47.4 Å². The van der Waals surface area contributed by atoms with Crippen LogP contribution in [0.25, 0.3) is 10.8 Å². The Kier molecular flexibility index (Phi) is 4.46. The maximum Gasteiger partial charge on any atom is 0.233 e. The number of piperazine rings is 1. The van der Waals surface area contributed by atoms with Gasteiger partial charge in [0.2, 0.25) is 5.91 Å². The highest BCUT2D eigenvalue weighted by Gasteiger charge is 2.22. The number of fused-ring (bicyclic) bond motifs is 1. The van der Waals surface area contributed by atoms with Crippen molar-refractivity contribution < 1.29 is 4.79 Å². The Morgan fingerprint density at radius 1 is 1.29 bits per heavy atom. The number of thioether (sulfide) groups is 1. The number of benzene rings is 2. The Bertz CT molecular complexity index is 643. The van der Waals surface area contributed by atoms with Crippen LogP contribution < -0.4 is 5.32 Å². The van der Waals surface area contributed by atoms with Crippen molar-refractivity contribution in [1.29, 1.82) is 0 Å². The van der Waals surface area contributed by atoms with Crippen LogP contribution in [0.3, 0.4) is 0 Å². The first-order valence-electron chi connectivity index (χ1n) is 7.36. The third-order valence-corrected chi connectivity index (χ3v) is 4.88. The molecule has 1 atom stereocenters.